The molecule has 0 aromatic carbocycles. The second kappa shape index (κ2) is 18.5. The fourth-order valence-corrected chi connectivity index (χ4v) is 0. The van der Waals surface area contributed by atoms with Crippen LogP contribution in [0.2, 0.25) is 0 Å². The Balaban J connectivity index is -0.0000000536. The van der Waals surface area contributed by atoms with Crippen LogP contribution < -0.4 is 30.6 Å². The number of carboxylic acid groups (broad SMARTS) is 6. The molecule has 0 aromatic rings. The van der Waals surface area contributed by atoms with Gasteiger partial charge >= 0.3 is 82.1 Å². The van der Waals surface area contributed by atoms with Crippen molar-refractivity contribution in [2.45, 2.75) is 0 Å². The van der Waals surface area contributed by atoms with Crippen molar-refractivity contribution < 1.29 is 141 Å². The number of rotatable bonds is 0. The number of hydrogen-bond donors (Lipinski definition) is 0. The minimum atomic E-state index is -2.19. The summed E-state index contributed by atoms with van der Waals surface area (Å²) in [4.78, 5) is 53.6. The van der Waals surface area contributed by atoms with E-state index in [1.54, 1.807) is 0 Å². The number of carbonyl (C=O) groups excluding carboxylic acids is 6. The summed E-state index contributed by atoms with van der Waals surface area (Å²) in [6.07, 6.45) is 0. The first-order valence-corrected chi connectivity index (χ1v) is 3.20. The van der Waals surface area contributed by atoms with Gasteiger partial charge in [0.05, 0.1) is 35.8 Å². The van der Waals surface area contributed by atoms with Gasteiger partial charge in [0, 0.05) is 0 Å². The fraction of sp³-hybridized carbons (Fsp3) is 0. The third-order valence-corrected chi connectivity index (χ3v) is 0.500. The van der Waals surface area contributed by atoms with Gasteiger partial charge in [0.1, 0.15) is 0 Å². The van der Waals surface area contributed by atoms with Gasteiger partial charge in [-0.1, -0.05) is 0 Å². The molecule has 0 atom stereocenters. The Morgan fingerprint density at radius 2 is 0.450 bits per heavy atom. The normalized spacial score (nSPS) is 6.60. The van der Waals surface area contributed by atoms with Gasteiger partial charge in [-0.15, -0.1) is 0 Å². The van der Waals surface area contributed by atoms with Gasteiger partial charge in [0.25, 0.3) is 0 Å². The van der Waals surface area contributed by atoms with Gasteiger partial charge in [-0.25, -0.2) is 0 Å². The van der Waals surface area contributed by atoms with E-state index in [9.17, 15) is 0 Å². The van der Waals surface area contributed by atoms with Crippen LogP contribution in [-0.2, 0) is 61.5 Å². The van der Waals surface area contributed by atoms with Crippen molar-refractivity contribution in [3.8, 4) is 0 Å². The summed E-state index contributed by atoms with van der Waals surface area (Å²) in [5.41, 5.74) is 0. The maximum absolute atomic E-state index is 8.93. The third kappa shape index (κ3) is 36.0. The van der Waals surface area contributed by atoms with Crippen LogP contribution in [-0.4, -0.2) is 35.8 Å². The molecule has 0 N–H and O–H groups in total. The zero-order chi connectivity index (χ0) is 15.5. The number of aliphatic carboxylic acids is 6. The quantitative estimate of drug-likeness (QED) is 0.279. The van der Waals surface area contributed by atoms with Crippen LogP contribution in [0.15, 0.2) is 0 Å². The Labute approximate surface area is 175 Å². The van der Waals surface area contributed by atoms with Crippen LogP contribution >= 0.6 is 0 Å². The number of hydrogen-bond acceptors (Lipinski definition) is 12. The van der Waals surface area contributed by atoms with Crippen molar-refractivity contribution in [1.29, 1.82) is 0 Å². The summed E-state index contributed by atoms with van der Waals surface area (Å²) in [5, 5.41) is 53.6. The van der Waals surface area contributed by atoms with E-state index in [1.807, 2.05) is 0 Å². The van der Waals surface area contributed by atoms with Gasteiger partial charge in [-0.05, 0) is 0 Å². The van der Waals surface area contributed by atoms with Gasteiger partial charge < -0.3 is 59.4 Å². The molecule has 0 spiro atoms. The summed E-state index contributed by atoms with van der Waals surface area (Å²) >= 11 is 0. The van der Waals surface area contributed by atoms with Crippen LogP contribution in [0.1, 0.15) is 0 Å². The molecule has 0 aromatic heterocycles. The molecule has 0 unspecified atom stereocenters. The molecule has 0 aliphatic carbocycles. The van der Waals surface area contributed by atoms with E-state index >= 15 is 0 Å². The van der Waals surface area contributed by atoms with E-state index in [4.69, 9.17) is 59.4 Å². The van der Waals surface area contributed by atoms with Gasteiger partial charge in [-0.2, -0.15) is 0 Å². The van der Waals surface area contributed by atoms with Crippen LogP contribution in [0.25, 0.3) is 0 Å². The summed E-state index contributed by atoms with van der Waals surface area (Å²) in [6, 6.07) is 0. The molecule has 14 heteroatoms. The molecule has 20 heavy (non-hydrogen) atoms. The minimum Gasteiger partial charge on any atom is -0.543 e. The number of carboxylic acids is 6. The average molecular weight is 505 g/mol. The molecule has 0 amide bonds. The summed E-state index contributed by atoms with van der Waals surface area (Å²) in [7, 11) is 0. The molecule has 0 heterocycles. The number of carbonyl (C=O) groups is 6. The summed E-state index contributed by atoms with van der Waals surface area (Å²) in [6.45, 7) is 0. The maximum Gasteiger partial charge on any atom is 3.00 e. The van der Waals surface area contributed by atoms with Gasteiger partial charge in [0.15, 0.2) is 0 Å². The monoisotopic (exact) mass is 506 g/mol. The van der Waals surface area contributed by atoms with Crippen molar-refractivity contribution >= 4 is 35.8 Å². The fourth-order valence-electron chi connectivity index (χ4n) is 0. The Bertz CT molecular complexity index is 283. The third-order valence-electron chi connectivity index (χ3n) is 0.500. The van der Waals surface area contributed by atoms with Crippen molar-refractivity contribution in [2.24, 2.45) is 0 Å². The standard InChI is InChI=1S/3C2H2O4.Eu.Y/c3*3-1(4)2(5)6;;/h3*(H,3,4)(H,5,6);;/q;;;2*+3/p-6. The van der Waals surface area contributed by atoms with Gasteiger partial charge in [0.2, 0.25) is 0 Å². The molecule has 0 bridgehead atoms. The molecule has 12 nitrogen and oxygen atoms in total. The van der Waals surface area contributed by atoms with E-state index in [0.29, 0.717) is 0 Å². The van der Waals surface area contributed by atoms with Gasteiger partial charge in [-0.3, -0.25) is 0 Å². The Kier molecular flexibility index (Phi) is 29.4. The summed E-state index contributed by atoms with van der Waals surface area (Å²) < 4.78 is 0. The van der Waals surface area contributed by atoms with E-state index < -0.39 is 35.8 Å². The summed E-state index contributed by atoms with van der Waals surface area (Å²) in [5.74, 6) is -13.1. The van der Waals surface area contributed by atoms with Crippen molar-refractivity contribution in [1.82, 2.24) is 0 Å². The minimum absolute atomic E-state index is 0. The van der Waals surface area contributed by atoms with Crippen LogP contribution in [0.3, 0.4) is 0 Å². The molecular formula is C6EuO12Y. The Morgan fingerprint density at radius 3 is 0.450 bits per heavy atom. The van der Waals surface area contributed by atoms with Crippen molar-refractivity contribution in [2.75, 3.05) is 0 Å². The predicted molar refractivity (Wildman–Crippen MR) is 30.0 cm³/mol. The van der Waals surface area contributed by atoms with E-state index in [-0.39, 0.29) is 82.1 Å². The Morgan fingerprint density at radius 1 is 0.400 bits per heavy atom. The SMILES string of the molecule is O=C([O-])C(=O)[O-].O=C([O-])C(=O)[O-].O=C([O-])C(=O)[O-].[Eu+3].[Y+3]. The zero-order valence-corrected chi connectivity index (χ0v) is 14.1. The first-order chi connectivity index (χ1) is 7.93. The van der Waals surface area contributed by atoms with E-state index in [2.05, 4.69) is 0 Å². The predicted octanol–water partition coefficient (Wildman–Crippen LogP) is -10.5. The molecule has 0 aliphatic heterocycles. The van der Waals surface area contributed by atoms with Crippen LogP contribution in [0.5, 0.6) is 0 Å². The molecule has 106 valence electrons. The average Bonchev–Trinajstić information content (AvgIpc) is 2.18. The van der Waals surface area contributed by atoms with E-state index in [0.717, 1.165) is 0 Å². The molecular weight excluding hydrogens is 505 g/mol. The van der Waals surface area contributed by atoms with Crippen LogP contribution in [0.4, 0.5) is 0 Å². The molecule has 0 fully saturated rings. The van der Waals surface area contributed by atoms with Crippen molar-refractivity contribution in [3.05, 3.63) is 0 Å². The molecule has 0 saturated carbocycles. The second-order valence-electron chi connectivity index (χ2n) is 1.72. The second-order valence-corrected chi connectivity index (χ2v) is 1.72. The first-order valence-electron chi connectivity index (χ1n) is 3.20. The largest absolute Gasteiger partial charge is 3.00 e. The Hall–Kier alpha value is -0.492. The van der Waals surface area contributed by atoms with E-state index in [1.165, 1.54) is 0 Å². The van der Waals surface area contributed by atoms with Crippen LogP contribution in [0, 0.1) is 49.4 Å². The molecule has 0 rings (SSSR count). The molecule has 0 radical (unpaired) electrons. The molecule has 0 aliphatic rings. The topological polar surface area (TPSA) is 241 Å². The van der Waals surface area contributed by atoms with Crippen molar-refractivity contribution in [3.63, 3.8) is 0 Å². The smallest absolute Gasteiger partial charge is 0.543 e. The molecule has 0 saturated heterocycles. The maximum atomic E-state index is 8.93. The zero-order valence-electron chi connectivity index (χ0n) is 8.85. The first kappa shape index (κ1) is 31.7.